The largest absolute Gasteiger partial charge is 0.574 e. The molecule has 0 amide bonds. The maximum absolute atomic E-state index is 12.5. The Morgan fingerprint density at radius 3 is 2.35 bits per heavy atom. The quantitative estimate of drug-likeness (QED) is 0.796. The summed E-state index contributed by atoms with van der Waals surface area (Å²) in [6, 6.07) is 1.02. The van der Waals surface area contributed by atoms with Gasteiger partial charge in [-0.05, 0) is 15.9 Å². The molecule has 0 spiro atoms. The molecule has 1 rings (SSSR count). The van der Waals surface area contributed by atoms with Gasteiger partial charge in [-0.2, -0.15) is 4.98 Å². The first-order valence-corrected chi connectivity index (χ1v) is 4.82. The van der Waals surface area contributed by atoms with E-state index in [0.717, 1.165) is 13.2 Å². The van der Waals surface area contributed by atoms with Crippen molar-refractivity contribution in [1.82, 2.24) is 4.98 Å². The lowest BCUT2D eigenvalue weighted by Crippen LogP contribution is -2.19. The van der Waals surface area contributed by atoms with Crippen LogP contribution in [-0.2, 0) is 0 Å². The van der Waals surface area contributed by atoms with Crippen LogP contribution in [0.3, 0.4) is 0 Å². The van der Waals surface area contributed by atoms with E-state index in [9.17, 15) is 22.0 Å². The lowest BCUT2D eigenvalue weighted by atomic mass is 10.3. The average molecular weight is 322 g/mol. The van der Waals surface area contributed by atoms with Gasteiger partial charge in [0.05, 0.1) is 12.7 Å². The second kappa shape index (κ2) is 5.03. The Labute approximate surface area is 101 Å². The highest BCUT2D eigenvalue weighted by Gasteiger charge is 2.35. The van der Waals surface area contributed by atoms with Crippen LogP contribution in [0.4, 0.5) is 22.0 Å². The second-order valence-electron chi connectivity index (χ2n) is 2.71. The van der Waals surface area contributed by atoms with Gasteiger partial charge in [0.1, 0.15) is 0 Å². The Bertz CT molecular complexity index is 410. The zero-order valence-electron chi connectivity index (χ0n) is 8.19. The molecular formula is C8H5BrF5NO2. The predicted octanol–water partition coefficient (Wildman–Crippen LogP) is 3.69. The first-order valence-electron chi connectivity index (χ1n) is 4.03. The number of ether oxygens (including phenoxy) is 2. The van der Waals surface area contributed by atoms with E-state index in [-0.39, 0.29) is 10.4 Å². The average Bonchev–Trinajstić information content (AvgIpc) is 2.13. The SMILES string of the molecule is COc1cc(Br)c(C(F)F)c(OC(F)(F)F)n1. The van der Waals surface area contributed by atoms with E-state index in [1.54, 1.807) is 0 Å². The maximum atomic E-state index is 12.5. The van der Waals surface area contributed by atoms with Crippen molar-refractivity contribution in [2.45, 2.75) is 12.8 Å². The molecule has 9 heteroatoms. The van der Waals surface area contributed by atoms with Crippen molar-refractivity contribution < 1.29 is 31.4 Å². The van der Waals surface area contributed by atoms with E-state index in [1.807, 2.05) is 0 Å². The lowest BCUT2D eigenvalue weighted by molar-refractivity contribution is -0.276. The maximum Gasteiger partial charge on any atom is 0.574 e. The van der Waals surface area contributed by atoms with Crippen LogP contribution >= 0.6 is 15.9 Å². The topological polar surface area (TPSA) is 31.4 Å². The zero-order chi connectivity index (χ0) is 13.2. The third-order valence-corrected chi connectivity index (χ3v) is 2.25. The van der Waals surface area contributed by atoms with Crippen LogP contribution in [0.1, 0.15) is 12.0 Å². The van der Waals surface area contributed by atoms with E-state index in [1.165, 1.54) is 0 Å². The molecule has 0 aliphatic rings. The van der Waals surface area contributed by atoms with Crippen LogP contribution in [0, 0.1) is 0 Å². The van der Waals surface area contributed by atoms with Crippen molar-refractivity contribution in [3.8, 4) is 11.8 Å². The Kier molecular flexibility index (Phi) is 4.12. The second-order valence-corrected chi connectivity index (χ2v) is 3.57. The van der Waals surface area contributed by atoms with Gasteiger partial charge < -0.3 is 9.47 Å². The normalized spacial score (nSPS) is 11.8. The molecule has 0 N–H and O–H groups in total. The molecule has 1 heterocycles. The predicted molar refractivity (Wildman–Crippen MR) is 50.1 cm³/mol. The fraction of sp³-hybridized carbons (Fsp3) is 0.375. The molecule has 1 aromatic heterocycles. The Balaban J connectivity index is 3.27. The highest BCUT2D eigenvalue weighted by Crippen LogP contribution is 2.38. The van der Waals surface area contributed by atoms with Gasteiger partial charge in [0.2, 0.25) is 11.8 Å². The van der Waals surface area contributed by atoms with Gasteiger partial charge in [0, 0.05) is 10.5 Å². The van der Waals surface area contributed by atoms with Crippen molar-refractivity contribution >= 4 is 15.9 Å². The van der Waals surface area contributed by atoms with Gasteiger partial charge in [0.15, 0.2) is 0 Å². The molecule has 0 aliphatic heterocycles. The summed E-state index contributed by atoms with van der Waals surface area (Å²) in [5.74, 6) is -1.51. The van der Waals surface area contributed by atoms with E-state index < -0.39 is 24.2 Å². The number of rotatable bonds is 3. The summed E-state index contributed by atoms with van der Waals surface area (Å²) in [6.07, 6.45) is -8.28. The summed E-state index contributed by atoms with van der Waals surface area (Å²) in [4.78, 5) is 3.18. The molecule has 96 valence electrons. The molecule has 0 radical (unpaired) electrons. The Morgan fingerprint density at radius 2 is 1.94 bits per heavy atom. The molecule has 0 saturated carbocycles. The first kappa shape index (κ1) is 13.9. The summed E-state index contributed by atoms with van der Waals surface area (Å²) >= 11 is 2.70. The van der Waals surface area contributed by atoms with Crippen molar-refractivity contribution in [2.24, 2.45) is 0 Å². The molecule has 0 fully saturated rings. The van der Waals surface area contributed by atoms with Crippen molar-refractivity contribution in [1.29, 1.82) is 0 Å². The third-order valence-electron chi connectivity index (χ3n) is 1.59. The monoisotopic (exact) mass is 321 g/mol. The summed E-state index contributed by atoms with van der Waals surface area (Å²) in [7, 11) is 1.13. The number of pyridine rings is 1. The van der Waals surface area contributed by atoms with E-state index in [4.69, 9.17) is 0 Å². The van der Waals surface area contributed by atoms with Crippen molar-refractivity contribution in [3.63, 3.8) is 0 Å². The number of hydrogen-bond donors (Lipinski definition) is 0. The highest BCUT2D eigenvalue weighted by molar-refractivity contribution is 9.10. The smallest absolute Gasteiger partial charge is 0.481 e. The third kappa shape index (κ3) is 3.69. The Hall–Kier alpha value is -1.12. The van der Waals surface area contributed by atoms with Gasteiger partial charge in [-0.3, -0.25) is 0 Å². The van der Waals surface area contributed by atoms with Crippen molar-refractivity contribution in [2.75, 3.05) is 7.11 Å². The molecule has 17 heavy (non-hydrogen) atoms. The molecule has 1 aromatic rings. The van der Waals surface area contributed by atoms with Crippen LogP contribution in [0.5, 0.6) is 11.8 Å². The van der Waals surface area contributed by atoms with Crippen LogP contribution < -0.4 is 9.47 Å². The highest BCUT2D eigenvalue weighted by atomic mass is 79.9. The molecule has 3 nitrogen and oxygen atoms in total. The van der Waals surface area contributed by atoms with Gasteiger partial charge in [0.25, 0.3) is 6.43 Å². The minimum atomic E-state index is -5.11. The molecule has 0 aromatic carbocycles. The van der Waals surface area contributed by atoms with E-state index in [0.29, 0.717) is 0 Å². The Morgan fingerprint density at radius 1 is 1.35 bits per heavy atom. The van der Waals surface area contributed by atoms with Crippen molar-refractivity contribution in [3.05, 3.63) is 16.1 Å². The number of nitrogens with zero attached hydrogens (tertiary/aromatic N) is 1. The summed E-state index contributed by atoms with van der Waals surface area (Å²) in [5, 5.41) is 0. The number of alkyl halides is 5. The minimum Gasteiger partial charge on any atom is -0.481 e. The lowest BCUT2D eigenvalue weighted by Gasteiger charge is -2.14. The standard InChI is InChI=1S/C8H5BrF5NO2/c1-16-4-2-3(9)5(6(10)11)7(15-4)17-8(12,13)14/h2,6H,1H3. The zero-order valence-corrected chi connectivity index (χ0v) is 9.77. The summed E-state index contributed by atoms with van der Waals surface area (Å²) in [6.45, 7) is 0. The fourth-order valence-corrected chi connectivity index (χ4v) is 1.51. The van der Waals surface area contributed by atoms with Gasteiger partial charge in [-0.25, -0.2) is 8.78 Å². The van der Waals surface area contributed by atoms with E-state index >= 15 is 0 Å². The number of aromatic nitrogens is 1. The molecule has 0 saturated heterocycles. The molecular weight excluding hydrogens is 317 g/mol. The van der Waals surface area contributed by atoms with Gasteiger partial charge in [-0.15, -0.1) is 13.2 Å². The molecule has 0 atom stereocenters. The molecule has 0 unspecified atom stereocenters. The fourth-order valence-electron chi connectivity index (χ4n) is 0.970. The molecule has 0 bridgehead atoms. The summed E-state index contributed by atoms with van der Waals surface area (Å²) in [5.41, 5.74) is -0.983. The van der Waals surface area contributed by atoms with Gasteiger partial charge >= 0.3 is 6.36 Å². The number of methoxy groups -OCH3 is 1. The minimum absolute atomic E-state index is 0.277. The van der Waals surface area contributed by atoms with Crippen LogP contribution in [0.2, 0.25) is 0 Å². The number of hydrogen-bond acceptors (Lipinski definition) is 3. The number of halogens is 6. The van der Waals surface area contributed by atoms with Crippen LogP contribution in [-0.4, -0.2) is 18.5 Å². The summed E-state index contributed by atoms with van der Waals surface area (Å²) < 4.78 is 68.7. The first-order chi connectivity index (χ1) is 7.74. The van der Waals surface area contributed by atoms with Gasteiger partial charge in [-0.1, -0.05) is 0 Å². The van der Waals surface area contributed by atoms with Crippen LogP contribution in [0.15, 0.2) is 10.5 Å². The van der Waals surface area contributed by atoms with Crippen LogP contribution in [0.25, 0.3) is 0 Å². The molecule has 0 aliphatic carbocycles. The van der Waals surface area contributed by atoms with E-state index in [2.05, 4.69) is 30.4 Å².